The van der Waals surface area contributed by atoms with Crippen LogP contribution in [0.3, 0.4) is 0 Å². The van der Waals surface area contributed by atoms with Crippen molar-refractivity contribution in [3.8, 4) is 5.75 Å². The van der Waals surface area contributed by atoms with Gasteiger partial charge in [0.05, 0.1) is 25.6 Å². The number of hydrogen-bond donors (Lipinski definition) is 1. The Morgan fingerprint density at radius 3 is 2.87 bits per heavy atom. The van der Waals surface area contributed by atoms with Gasteiger partial charge in [-0.3, -0.25) is 5.43 Å². The highest BCUT2D eigenvalue weighted by Crippen LogP contribution is 2.24. The van der Waals surface area contributed by atoms with Gasteiger partial charge >= 0.3 is 5.97 Å². The number of esters is 1. The summed E-state index contributed by atoms with van der Waals surface area (Å²) in [5, 5.41) is 4.72. The van der Waals surface area contributed by atoms with E-state index in [9.17, 15) is 4.79 Å². The van der Waals surface area contributed by atoms with E-state index in [2.05, 4.69) is 15.5 Å². The van der Waals surface area contributed by atoms with Gasteiger partial charge in [0.2, 0.25) is 5.13 Å². The highest BCUT2D eigenvalue weighted by atomic mass is 32.1. The van der Waals surface area contributed by atoms with Crippen molar-refractivity contribution in [1.82, 2.24) is 4.98 Å². The van der Waals surface area contributed by atoms with Gasteiger partial charge in [-0.05, 0) is 25.5 Å². The van der Waals surface area contributed by atoms with E-state index in [1.165, 1.54) is 18.4 Å². The van der Waals surface area contributed by atoms with Gasteiger partial charge in [0, 0.05) is 5.56 Å². The number of nitrogens with one attached hydrogen (secondary N) is 1. The number of hydrogen-bond acceptors (Lipinski definition) is 7. The summed E-state index contributed by atoms with van der Waals surface area (Å²) in [6, 6.07) is 7.62. The third kappa shape index (κ3) is 4.29. The molecular formula is C16H19N3O3S. The van der Waals surface area contributed by atoms with Gasteiger partial charge in [-0.2, -0.15) is 5.10 Å². The third-order valence-corrected chi connectivity index (χ3v) is 3.97. The molecule has 0 bridgehead atoms. The minimum absolute atomic E-state index is 0.377. The van der Waals surface area contributed by atoms with E-state index in [0.717, 1.165) is 11.3 Å². The predicted octanol–water partition coefficient (Wildman–Crippen LogP) is 3.34. The lowest BCUT2D eigenvalue weighted by molar-refractivity contribution is 0.0605. The number of aromatic nitrogens is 1. The molecule has 1 aromatic heterocycles. The van der Waals surface area contributed by atoms with Gasteiger partial charge < -0.3 is 9.47 Å². The van der Waals surface area contributed by atoms with Crippen LogP contribution in [-0.4, -0.2) is 30.9 Å². The second kappa shape index (κ2) is 8.28. The molecule has 2 aromatic rings. The number of hydrazone groups is 1. The molecule has 0 radical (unpaired) electrons. The van der Waals surface area contributed by atoms with Crippen molar-refractivity contribution >= 4 is 28.7 Å². The molecule has 1 heterocycles. The Hall–Kier alpha value is -2.41. The summed E-state index contributed by atoms with van der Waals surface area (Å²) >= 11 is 1.22. The molecule has 0 unspecified atom stereocenters. The molecule has 0 aliphatic carbocycles. The van der Waals surface area contributed by atoms with E-state index in [1.54, 1.807) is 6.21 Å². The zero-order valence-electron chi connectivity index (χ0n) is 13.3. The molecule has 6 nitrogen and oxygen atoms in total. The van der Waals surface area contributed by atoms with Crippen LogP contribution >= 0.6 is 11.3 Å². The molecule has 7 heteroatoms. The number of nitrogens with zero attached hydrogens (tertiary/aromatic N) is 2. The number of methoxy groups -OCH3 is 1. The standard InChI is InChI=1S/C16H19N3O3S/c1-4-12-14(15(20)21-3)23-16(18-12)19-17-10-11-8-6-7-9-13(11)22-5-2/h6-10H,4-5H2,1-3H3,(H,18,19)/b17-10-. The Morgan fingerprint density at radius 1 is 1.39 bits per heavy atom. The van der Waals surface area contributed by atoms with Crippen LogP contribution < -0.4 is 10.2 Å². The van der Waals surface area contributed by atoms with Crippen LogP contribution in [0.1, 0.15) is 34.8 Å². The number of thiazole rings is 1. The largest absolute Gasteiger partial charge is 0.493 e. The third-order valence-electron chi connectivity index (χ3n) is 2.99. The Kier molecular flexibility index (Phi) is 6.10. The molecule has 0 aliphatic rings. The molecule has 0 amide bonds. The van der Waals surface area contributed by atoms with E-state index in [4.69, 9.17) is 9.47 Å². The molecule has 1 N–H and O–H groups in total. The van der Waals surface area contributed by atoms with Crippen LogP contribution in [0.5, 0.6) is 5.75 Å². The molecular weight excluding hydrogens is 314 g/mol. The van der Waals surface area contributed by atoms with Crippen molar-refractivity contribution in [2.24, 2.45) is 5.10 Å². The smallest absolute Gasteiger partial charge is 0.350 e. The van der Waals surface area contributed by atoms with Crippen LogP contribution in [0.25, 0.3) is 0 Å². The number of para-hydroxylation sites is 1. The molecule has 0 fully saturated rings. The van der Waals surface area contributed by atoms with Gasteiger partial charge in [0.1, 0.15) is 10.6 Å². The molecule has 0 spiro atoms. The number of aryl methyl sites for hydroxylation is 1. The molecule has 1 aromatic carbocycles. The lowest BCUT2D eigenvalue weighted by atomic mass is 10.2. The first-order valence-corrected chi connectivity index (χ1v) is 8.10. The van der Waals surface area contributed by atoms with Crippen molar-refractivity contribution in [2.75, 3.05) is 19.1 Å². The van der Waals surface area contributed by atoms with E-state index >= 15 is 0 Å². The van der Waals surface area contributed by atoms with Crippen molar-refractivity contribution in [3.63, 3.8) is 0 Å². The summed E-state index contributed by atoms with van der Waals surface area (Å²) in [4.78, 5) is 16.5. The monoisotopic (exact) mass is 333 g/mol. The number of benzene rings is 1. The van der Waals surface area contributed by atoms with Crippen LogP contribution in [0.15, 0.2) is 29.4 Å². The second-order valence-electron chi connectivity index (χ2n) is 4.48. The van der Waals surface area contributed by atoms with E-state index in [0.29, 0.717) is 28.7 Å². The lowest BCUT2D eigenvalue weighted by Crippen LogP contribution is -2.01. The van der Waals surface area contributed by atoms with Gasteiger partial charge in [-0.25, -0.2) is 9.78 Å². The van der Waals surface area contributed by atoms with Gasteiger partial charge in [0.15, 0.2) is 0 Å². The lowest BCUT2D eigenvalue weighted by Gasteiger charge is -2.05. The maximum absolute atomic E-state index is 11.7. The maximum atomic E-state index is 11.7. The predicted molar refractivity (Wildman–Crippen MR) is 91.7 cm³/mol. The summed E-state index contributed by atoms with van der Waals surface area (Å²) < 4.78 is 10.3. The zero-order chi connectivity index (χ0) is 16.7. The quantitative estimate of drug-likeness (QED) is 0.478. The SMILES string of the molecule is CCOc1ccccc1/C=N\Nc1nc(CC)c(C(=O)OC)s1. The summed E-state index contributed by atoms with van der Waals surface area (Å²) in [6.07, 6.45) is 2.31. The fourth-order valence-corrected chi connectivity index (χ4v) is 2.84. The first kappa shape index (κ1) is 17.0. The van der Waals surface area contributed by atoms with Crippen LogP contribution in [-0.2, 0) is 11.2 Å². The van der Waals surface area contributed by atoms with Crippen LogP contribution in [0.2, 0.25) is 0 Å². The molecule has 0 saturated heterocycles. The minimum Gasteiger partial charge on any atom is -0.493 e. The maximum Gasteiger partial charge on any atom is 0.350 e. The molecule has 0 aliphatic heterocycles. The van der Waals surface area contributed by atoms with E-state index in [-0.39, 0.29) is 5.97 Å². The zero-order valence-corrected chi connectivity index (χ0v) is 14.1. The Balaban J connectivity index is 2.12. The topological polar surface area (TPSA) is 72.8 Å². The van der Waals surface area contributed by atoms with Gasteiger partial charge in [0.25, 0.3) is 0 Å². The van der Waals surface area contributed by atoms with E-state index < -0.39 is 0 Å². The number of carbonyl (C=O) groups excluding carboxylic acids is 1. The molecule has 2 rings (SSSR count). The average Bonchev–Trinajstić information content (AvgIpc) is 2.99. The first-order valence-electron chi connectivity index (χ1n) is 7.28. The molecule has 122 valence electrons. The number of anilines is 1. The average molecular weight is 333 g/mol. The van der Waals surface area contributed by atoms with Crippen molar-refractivity contribution in [1.29, 1.82) is 0 Å². The van der Waals surface area contributed by atoms with Crippen molar-refractivity contribution < 1.29 is 14.3 Å². The van der Waals surface area contributed by atoms with Crippen LogP contribution in [0.4, 0.5) is 5.13 Å². The molecule has 0 saturated carbocycles. The minimum atomic E-state index is -0.377. The first-order chi connectivity index (χ1) is 11.2. The second-order valence-corrected chi connectivity index (χ2v) is 5.48. The van der Waals surface area contributed by atoms with E-state index in [1.807, 2.05) is 38.1 Å². The van der Waals surface area contributed by atoms with Crippen LogP contribution in [0, 0.1) is 0 Å². The summed E-state index contributed by atoms with van der Waals surface area (Å²) in [5.74, 6) is 0.391. The van der Waals surface area contributed by atoms with Gasteiger partial charge in [-0.15, -0.1) is 0 Å². The summed E-state index contributed by atoms with van der Waals surface area (Å²) in [7, 11) is 1.36. The van der Waals surface area contributed by atoms with Gasteiger partial charge in [-0.1, -0.05) is 30.4 Å². The number of ether oxygens (including phenoxy) is 2. The normalized spacial score (nSPS) is 10.7. The fraction of sp³-hybridized carbons (Fsp3) is 0.312. The van der Waals surface area contributed by atoms with Crippen molar-refractivity contribution in [3.05, 3.63) is 40.4 Å². The Bertz CT molecular complexity index is 698. The van der Waals surface area contributed by atoms with Crippen molar-refractivity contribution in [2.45, 2.75) is 20.3 Å². The summed E-state index contributed by atoms with van der Waals surface area (Å²) in [6.45, 7) is 4.46. The Labute approximate surface area is 139 Å². The highest BCUT2D eigenvalue weighted by Gasteiger charge is 2.17. The summed E-state index contributed by atoms with van der Waals surface area (Å²) in [5.41, 5.74) is 4.42. The molecule has 0 atom stereocenters. The number of carbonyl (C=O) groups is 1. The Morgan fingerprint density at radius 2 is 2.17 bits per heavy atom. The molecule has 23 heavy (non-hydrogen) atoms. The fourth-order valence-electron chi connectivity index (χ4n) is 1.92. The number of rotatable bonds is 7. The highest BCUT2D eigenvalue weighted by molar-refractivity contribution is 7.17.